The van der Waals surface area contributed by atoms with Gasteiger partial charge in [0.2, 0.25) is 5.91 Å². The number of nitrogens with one attached hydrogen (secondary N) is 2. The topological polar surface area (TPSA) is 62.8 Å². The van der Waals surface area contributed by atoms with E-state index in [2.05, 4.69) is 15.5 Å². The lowest BCUT2D eigenvalue weighted by molar-refractivity contribution is -0.135. The molecule has 136 valence electrons. The molecule has 0 aromatic carbocycles. The van der Waals surface area contributed by atoms with E-state index in [-0.39, 0.29) is 24.4 Å². The fraction of sp³-hybridized carbons (Fsp3) is 0.938. The van der Waals surface area contributed by atoms with E-state index in [1.54, 1.807) is 0 Å². The van der Waals surface area contributed by atoms with Crippen LogP contribution in [0.1, 0.15) is 32.6 Å². The van der Waals surface area contributed by atoms with Gasteiger partial charge in [-0.05, 0) is 39.2 Å². The summed E-state index contributed by atoms with van der Waals surface area (Å²) in [5.41, 5.74) is 0. The van der Waals surface area contributed by atoms with E-state index in [0.717, 1.165) is 65.1 Å². The molecule has 2 saturated heterocycles. The molecule has 0 aliphatic carbocycles. The van der Waals surface area contributed by atoms with Crippen LogP contribution in [0.25, 0.3) is 0 Å². The molecule has 2 aliphatic rings. The summed E-state index contributed by atoms with van der Waals surface area (Å²) >= 11 is 0. The molecule has 2 N–H and O–H groups in total. The molecule has 2 fully saturated rings. The molecule has 0 aromatic rings. The lowest BCUT2D eigenvalue weighted by Crippen LogP contribution is -2.44. The first-order valence-electron chi connectivity index (χ1n) is 8.69. The first-order valence-corrected chi connectivity index (χ1v) is 8.69. The Hall–Kier alpha value is -0.400. The Balaban J connectivity index is 0.00000264. The van der Waals surface area contributed by atoms with Crippen LogP contribution in [0, 0.1) is 0 Å². The number of nitrogens with zero attached hydrogens (tertiary/aromatic N) is 1. The quantitative estimate of drug-likeness (QED) is 0.634. The summed E-state index contributed by atoms with van der Waals surface area (Å²) < 4.78 is 11.2. The summed E-state index contributed by atoms with van der Waals surface area (Å²) in [6.07, 6.45) is 4.13. The zero-order valence-corrected chi connectivity index (χ0v) is 15.0. The normalized spacial score (nSPS) is 23.8. The maximum atomic E-state index is 12.0. The number of hydrogen-bond acceptors (Lipinski definition) is 5. The highest BCUT2D eigenvalue weighted by molar-refractivity contribution is 5.85. The zero-order valence-electron chi connectivity index (χ0n) is 14.2. The highest BCUT2D eigenvalue weighted by Crippen LogP contribution is 2.13. The molecule has 1 amide bonds. The van der Waals surface area contributed by atoms with Crippen molar-refractivity contribution in [1.82, 2.24) is 15.5 Å². The van der Waals surface area contributed by atoms with Crippen molar-refractivity contribution in [2.75, 3.05) is 52.5 Å². The molecule has 2 atom stereocenters. The molecule has 2 heterocycles. The smallest absolute Gasteiger partial charge is 0.248 e. The Morgan fingerprint density at radius 1 is 1.39 bits per heavy atom. The predicted molar refractivity (Wildman–Crippen MR) is 93.2 cm³/mol. The second-order valence-corrected chi connectivity index (χ2v) is 6.20. The van der Waals surface area contributed by atoms with E-state index in [1.165, 1.54) is 6.42 Å². The number of ether oxygens (including phenoxy) is 2. The van der Waals surface area contributed by atoms with Crippen molar-refractivity contribution < 1.29 is 14.3 Å². The van der Waals surface area contributed by atoms with Crippen molar-refractivity contribution in [2.45, 2.75) is 44.8 Å². The summed E-state index contributed by atoms with van der Waals surface area (Å²) in [5.74, 6) is -0.0175. The van der Waals surface area contributed by atoms with Crippen LogP contribution in [0.2, 0.25) is 0 Å². The fourth-order valence-corrected chi connectivity index (χ4v) is 2.86. The van der Waals surface area contributed by atoms with Crippen molar-refractivity contribution in [1.29, 1.82) is 0 Å². The molecule has 6 nitrogen and oxygen atoms in total. The van der Waals surface area contributed by atoms with Crippen LogP contribution in [0.3, 0.4) is 0 Å². The standard InChI is InChI=1S/C16H31N3O3.ClH/c1-14(22-13-15-5-2-3-12-21-15)16(20)18-6-4-9-19-10-7-17-8-11-19;/h14-15,17H,2-13H2,1H3,(H,18,20);1H. The molecule has 0 radical (unpaired) electrons. The molecule has 0 aromatic heterocycles. The Labute approximate surface area is 146 Å². The first-order chi connectivity index (χ1) is 10.8. The third-order valence-corrected chi connectivity index (χ3v) is 4.34. The molecule has 0 saturated carbocycles. The molecule has 2 aliphatic heterocycles. The molecular weight excluding hydrogens is 318 g/mol. The lowest BCUT2D eigenvalue weighted by atomic mass is 10.1. The van der Waals surface area contributed by atoms with Gasteiger partial charge in [-0.1, -0.05) is 0 Å². The van der Waals surface area contributed by atoms with Gasteiger partial charge in [-0.25, -0.2) is 0 Å². The second-order valence-electron chi connectivity index (χ2n) is 6.20. The minimum atomic E-state index is -0.398. The Morgan fingerprint density at radius 2 is 2.17 bits per heavy atom. The zero-order chi connectivity index (χ0) is 15.6. The minimum absolute atomic E-state index is 0. The van der Waals surface area contributed by atoms with Crippen LogP contribution in [0.15, 0.2) is 0 Å². The van der Waals surface area contributed by atoms with Crippen molar-refractivity contribution in [2.24, 2.45) is 0 Å². The highest BCUT2D eigenvalue weighted by atomic mass is 35.5. The second kappa shape index (κ2) is 12.0. The molecule has 2 rings (SSSR count). The van der Waals surface area contributed by atoms with Gasteiger partial charge in [0.25, 0.3) is 0 Å². The van der Waals surface area contributed by atoms with Gasteiger partial charge in [0.15, 0.2) is 0 Å². The van der Waals surface area contributed by atoms with Gasteiger partial charge >= 0.3 is 0 Å². The van der Waals surface area contributed by atoms with Crippen molar-refractivity contribution >= 4 is 18.3 Å². The summed E-state index contributed by atoms with van der Waals surface area (Å²) in [7, 11) is 0. The number of carbonyl (C=O) groups excluding carboxylic acids is 1. The predicted octanol–water partition coefficient (Wildman–Crippen LogP) is 0.794. The fourth-order valence-electron chi connectivity index (χ4n) is 2.86. The molecule has 7 heteroatoms. The average molecular weight is 350 g/mol. The van der Waals surface area contributed by atoms with E-state index >= 15 is 0 Å². The summed E-state index contributed by atoms with van der Waals surface area (Å²) in [4.78, 5) is 14.4. The summed E-state index contributed by atoms with van der Waals surface area (Å²) in [5, 5.41) is 6.30. The third kappa shape index (κ3) is 8.31. The largest absolute Gasteiger partial charge is 0.376 e. The average Bonchev–Trinajstić information content (AvgIpc) is 2.58. The molecule has 23 heavy (non-hydrogen) atoms. The Bertz CT molecular complexity index is 322. The maximum absolute atomic E-state index is 12.0. The van der Waals surface area contributed by atoms with E-state index in [9.17, 15) is 4.79 Å². The first kappa shape index (κ1) is 20.6. The SMILES string of the molecule is CC(OCC1CCCCO1)C(=O)NCCCN1CCNCC1.Cl. The van der Waals surface area contributed by atoms with Crippen molar-refractivity contribution in [3.63, 3.8) is 0 Å². The van der Waals surface area contributed by atoms with Gasteiger partial charge in [-0.15, -0.1) is 12.4 Å². The summed E-state index contributed by atoms with van der Waals surface area (Å²) in [6.45, 7) is 9.28. The van der Waals surface area contributed by atoms with Gasteiger partial charge in [0.05, 0.1) is 12.7 Å². The van der Waals surface area contributed by atoms with Crippen LogP contribution in [0.4, 0.5) is 0 Å². The lowest BCUT2D eigenvalue weighted by Gasteiger charge is -2.27. The van der Waals surface area contributed by atoms with Crippen LogP contribution in [-0.4, -0.2) is 75.5 Å². The van der Waals surface area contributed by atoms with Gasteiger partial charge in [0.1, 0.15) is 6.10 Å². The van der Waals surface area contributed by atoms with E-state index in [0.29, 0.717) is 6.61 Å². The van der Waals surface area contributed by atoms with Crippen molar-refractivity contribution in [3.8, 4) is 0 Å². The number of carbonyl (C=O) groups is 1. The Morgan fingerprint density at radius 3 is 2.87 bits per heavy atom. The monoisotopic (exact) mass is 349 g/mol. The third-order valence-electron chi connectivity index (χ3n) is 4.34. The number of halogens is 1. The molecule has 2 unspecified atom stereocenters. The van der Waals surface area contributed by atoms with Gasteiger partial charge < -0.3 is 25.0 Å². The molecular formula is C16H32ClN3O3. The van der Waals surface area contributed by atoms with Crippen LogP contribution in [-0.2, 0) is 14.3 Å². The highest BCUT2D eigenvalue weighted by Gasteiger charge is 2.18. The number of rotatable bonds is 8. The van der Waals surface area contributed by atoms with E-state index < -0.39 is 6.10 Å². The number of piperazine rings is 1. The minimum Gasteiger partial charge on any atom is -0.376 e. The van der Waals surface area contributed by atoms with Crippen LogP contribution < -0.4 is 10.6 Å². The van der Waals surface area contributed by atoms with Crippen LogP contribution >= 0.6 is 12.4 Å². The van der Waals surface area contributed by atoms with Crippen LogP contribution in [0.5, 0.6) is 0 Å². The number of amides is 1. The molecule has 0 bridgehead atoms. The van der Waals surface area contributed by atoms with Gasteiger partial charge in [-0.2, -0.15) is 0 Å². The Kier molecular flexibility index (Phi) is 10.8. The van der Waals surface area contributed by atoms with E-state index in [4.69, 9.17) is 9.47 Å². The van der Waals surface area contributed by atoms with Gasteiger partial charge in [-0.3, -0.25) is 4.79 Å². The van der Waals surface area contributed by atoms with Gasteiger partial charge in [0, 0.05) is 39.3 Å². The van der Waals surface area contributed by atoms with E-state index in [1.807, 2.05) is 6.92 Å². The number of hydrogen-bond donors (Lipinski definition) is 2. The summed E-state index contributed by atoms with van der Waals surface area (Å²) in [6, 6.07) is 0. The maximum Gasteiger partial charge on any atom is 0.248 e. The molecule has 0 spiro atoms. The van der Waals surface area contributed by atoms with Crippen molar-refractivity contribution in [3.05, 3.63) is 0 Å².